The number of nitrogens with one attached hydrogen (secondary N) is 2. The van der Waals surface area contributed by atoms with Crippen molar-refractivity contribution in [3.63, 3.8) is 0 Å². The van der Waals surface area contributed by atoms with Gasteiger partial charge in [-0.25, -0.2) is 0 Å². The summed E-state index contributed by atoms with van der Waals surface area (Å²) < 4.78 is 0. The van der Waals surface area contributed by atoms with Crippen molar-refractivity contribution >= 4 is 35.1 Å². The van der Waals surface area contributed by atoms with Crippen LogP contribution in [0.4, 0.5) is 0 Å². The molecule has 3 N–H and O–H groups in total. The van der Waals surface area contributed by atoms with Crippen LogP contribution in [0, 0.1) is 0 Å². The van der Waals surface area contributed by atoms with Crippen LogP contribution in [0.3, 0.4) is 0 Å². The minimum absolute atomic E-state index is 0.123. The Morgan fingerprint density at radius 1 is 1.53 bits per heavy atom. The van der Waals surface area contributed by atoms with Gasteiger partial charge in [-0.05, 0) is 13.0 Å². The number of carbonyl (C=O) groups excluding carboxylic acids is 1. The predicted molar refractivity (Wildman–Crippen MR) is 55.4 cm³/mol. The molecule has 0 unspecified atom stereocenters. The standard InChI is InChI=1S/C8H8Cl2N2O3/c1-3(8(14)15)11-7(13)5-2-4(9)6(10)12-5/h2-3,12H,1H3,(H,11,13)(H,14,15)/t3-/m1/s1. The van der Waals surface area contributed by atoms with E-state index in [2.05, 4.69) is 10.3 Å². The summed E-state index contributed by atoms with van der Waals surface area (Å²) in [6.45, 7) is 1.35. The van der Waals surface area contributed by atoms with Crippen LogP contribution in [-0.4, -0.2) is 28.0 Å². The molecule has 0 aromatic carbocycles. The van der Waals surface area contributed by atoms with Crippen LogP contribution < -0.4 is 5.32 Å². The average Bonchev–Trinajstić information content (AvgIpc) is 2.46. The number of aromatic amines is 1. The van der Waals surface area contributed by atoms with Crippen molar-refractivity contribution in [2.45, 2.75) is 13.0 Å². The van der Waals surface area contributed by atoms with E-state index in [1.807, 2.05) is 0 Å². The Morgan fingerprint density at radius 3 is 2.53 bits per heavy atom. The normalized spacial score (nSPS) is 12.2. The summed E-state index contributed by atoms with van der Waals surface area (Å²) in [5, 5.41) is 11.2. The molecule has 0 aliphatic carbocycles. The monoisotopic (exact) mass is 250 g/mol. The van der Waals surface area contributed by atoms with Crippen molar-refractivity contribution in [1.29, 1.82) is 0 Å². The largest absolute Gasteiger partial charge is 0.480 e. The lowest BCUT2D eigenvalue weighted by Crippen LogP contribution is -2.38. The van der Waals surface area contributed by atoms with Crippen molar-refractivity contribution in [2.75, 3.05) is 0 Å². The van der Waals surface area contributed by atoms with E-state index in [1.165, 1.54) is 13.0 Å². The second kappa shape index (κ2) is 4.55. The van der Waals surface area contributed by atoms with Gasteiger partial charge in [0, 0.05) is 0 Å². The van der Waals surface area contributed by atoms with E-state index in [0.29, 0.717) is 0 Å². The smallest absolute Gasteiger partial charge is 0.325 e. The van der Waals surface area contributed by atoms with Crippen LogP contribution in [0.1, 0.15) is 17.4 Å². The van der Waals surface area contributed by atoms with Crippen LogP contribution in [0.2, 0.25) is 10.2 Å². The second-order valence-electron chi connectivity index (χ2n) is 2.88. The van der Waals surface area contributed by atoms with Crippen molar-refractivity contribution < 1.29 is 14.7 Å². The second-order valence-corrected chi connectivity index (χ2v) is 3.66. The minimum atomic E-state index is -1.12. The molecule has 5 nitrogen and oxygen atoms in total. The molecule has 1 amide bonds. The Balaban J connectivity index is 2.73. The first kappa shape index (κ1) is 11.9. The van der Waals surface area contributed by atoms with E-state index < -0.39 is 17.9 Å². The van der Waals surface area contributed by atoms with Crippen molar-refractivity contribution in [3.8, 4) is 0 Å². The van der Waals surface area contributed by atoms with Crippen LogP contribution in [0.15, 0.2) is 6.07 Å². The lowest BCUT2D eigenvalue weighted by molar-refractivity contribution is -0.138. The number of hydrogen-bond acceptors (Lipinski definition) is 2. The highest BCUT2D eigenvalue weighted by Crippen LogP contribution is 2.21. The first-order chi connectivity index (χ1) is 6.91. The number of carboxylic acid groups (broad SMARTS) is 1. The van der Waals surface area contributed by atoms with Gasteiger partial charge < -0.3 is 15.4 Å². The third-order valence-corrected chi connectivity index (χ3v) is 2.38. The average molecular weight is 251 g/mol. The van der Waals surface area contributed by atoms with Gasteiger partial charge >= 0.3 is 5.97 Å². The topological polar surface area (TPSA) is 82.2 Å². The van der Waals surface area contributed by atoms with Gasteiger partial charge in [0.05, 0.1) is 5.02 Å². The molecule has 0 spiro atoms. The number of carboxylic acids is 1. The van der Waals surface area contributed by atoms with Crippen molar-refractivity contribution in [3.05, 3.63) is 21.9 Å². The molecule has 1 aromatic heterocycles. The summed E-state index contributed by atoms with van der Waals surface area (Å²) in [6, 6.07) is 0.353. The Morgan fingerprint density at radius 2 is 2.13 bits per heavy atom. The Bertz CT molecular complexity index is 383. The molecule has 0 aliphatic rings. The number of H-pyrrole nitrogens is 1. The Labute approximate surface area is 95.4 Å². The lowest BCUT2D eigenvalue weighted by atomic mass is 10.3. The molecule has 1 aromatic rings. The van der Waals surface area contributed by atoms with Gasteiger partial charge in [0.15, 0.2) is 0 Å². The number of hydrogen-bond donors (Lipinski definition) is 3. The van der Waals surface area contributed by atoms with Gasteiger partial charge in [0.25, 0.3) is 5.91 Å². The van der Waals surface area contributed by atoms with E-state index >= 15 is 0 Å². The molecule has 0 fully saturated rings. The zero-order valence-corrected chi connectivity index (χ0v) is 9.19. The molecule has 15 heavy (non-hydrogen) atoms. The molecule has 0 saturated heterocycles. The number of carbonyl (C=O) groups is 2. The lowest BCUT2D eigenvalue weighted by Gasteiger charge is -2.07. The third-order valence-electron chi connectivity index (χ3n) is 1.69. The number of halogens is 2. The zero-order valence-electron chi connectivity index (χ0n) is 7.67. The van der Waals surface area contributed by atoms with E-state index in [9.17, 15) is 9.59 Å². The van der Waals surface area contributed by atoms with Gasteiger partial charge in [-0.3, -0.25) is 9.59 Å². The number of amides is 1. The summed E-state index contributed by atoms with van der Waals surface area (Å²) >= 11 is 11.2. The third kappa shape index (κ3) is 2.87. The van der Waals surface area contributed by atoms with E-state index in [0.717, 1.165) is 0 Å². The Kier molecular flexibility index (Phi) is 3.60. The maximum Gasteiger partial charge on any atom is 0.325 e. The fraction of sp³-hybridized carbons (Fsp3) is 0.250. The molecule has 1 atom stereocenters. The van der Waals surface area contributed by atoms with Crippen LogP contribution in [-0.2, 0) is 4.79 Å². The molecule has 0 radical (unpaired) electrons. The van der Waals surface area contributed by atoms with Gasteiger partial charge in [-0.15, -0.1) is 0 Å². The quantitative estimate of drug-likeness (QED) is 0.761. The van der Waals surface area contributed by atoms with Gasteiger partial charge in [0.1, 0.15) is 16.9 Å². The van der Waals surface area contributed by atoms with Gasteiger partial charge in [0.2, 0.25) is 0 Å². The summed E-state index contributed by atoms with van der Waals surface area (Å²) in [7, 11) is 0. The van der Waals surface area contributed by atoms with E-state index in [-0.39, 0.29) is 15.9 Å². The number of aromatic nitrogens is 1. The molecule has 0 saturated carbocycles. The van der Waals surface area contributed by atoms with Crippen LogP contribution >= 0.6 is 23.2 Å². The summed E-state index contributed by atoms with van der Waals surface area (Å²) in [6.07, 6.45) is 0. The molecule has 1 rings (SSSR count). The fourth-order valence-corrected chi connectivity index (χ4v) is 1.18. The summed E-state index contributed by atoms with van der Waals surface area (Å²) in [5.74, 6) is -1.69. The number of aliphatic carboxylic acids is 1. The van der Waals surface area contributed by atoms with E-state index in [4.69, 9.17) is 28.3 Å². The van der Waals surface area contributed by atoms with Crippen molar-refractivity contribution in [2.24, 2.45) is 0 Å². The van der Waals surface area contributed by atoms with E-state index in [1.54, 1.807) is 0 Å². The maximum absolute atomic E-state index is 11.4. The predicted octanol–water partition coefficient (Wildman–Crippen LogP) is 1.52. The SMILES string of the molecule is C[C@@H](NC(=O)c1cc(Cl)c(Cl)[nH]1)C(=O)O. The summed E-state index contributed by atoms with van der Waals surface area (Å²) in [5.41, 5.74) is 0.123. The summed E-state index contributed by atoms with van der Waals surface area (Å²) in [4.78, 5) is 24.4. The van der Waals surface area contributed by atoms with Crippen LogP contribution in [0.25, 0.3) is 0 Å². The zero-order chi connectivity index (χ0) is 11.6. The highest BCUT2D eigenvalue weighted by molar-refractivity contribution is 6.41. The van der Waals surface area contributed by atoms with Gasteiger partial charge in [-0.2, -0.15) is 0 Å². The van der Waals surface area contributed by atoms with Gasteiger partial charge in [-0.1, -0.05) is 23.2 Å². The first-order valence-electron chi connectivity index (χ1n) is 3.99. The molecular weight excluding hydrogens is 243 g/mol. The minimum Gasteiger partial charge on any atom is -0.480 e. The van der Waals surface area contributed by atoms with Crippen molar-refractivity contribution in [1.82, 2.24) is 10.3 Å². The fourth-order valence-electron chi connectivity index (χ4n) is 0.863. The molecule has 0 bridgehead atoms. The van der Waals surface area contributed by atoms with Crippen LogP contribution in [0.5, 0.6) is 0 Å². The molecular formula is C8H8Cl2N2O3. The first-order valence-corrected chi connectivity index (χ1v) is 4.75. The highest BCUT2D eigenvalue weighted by Gasteiger charge is 2.17. The Hall–Kier alpha value is -1.20. The molecule has 7 heteroatoms. The molecule has 0 aliphatic heterocycles. The highest BCUT2D eigenvalue weighted by atomic mass is 35.5. The number of rotatable bonds is 3. The molecule has 1 heterocycles. The maximum atomic E-state index is 11.4. The molecule has 82 valence electrons.